The van der Waals surface area contributed by atoms with Gasteiger partial charge in [-0.1, -0.05) is 11.8 Å². The van der Waals surface area contributed by atoms with Crippen molar-refractivity contribution in [2.45, 2.75) is 11.3 Å². The van der Waals surface area contributed by atoms with Crippen molar-refractivity contribution < 1.29 is 27.4 Å². The molecule has 114 valence electrons. The number of aliphatic hydroxyl groups is 1. The van der Waals surface area contributed by atoms with E-state index in [4.69, 9.17) is 5.11 Å². The van der Waals surface area contributed by atoms with Crippen molar-refractivity contribution in [3.05, 3.63) is 29.6 Å². The highest BCUT2D eigenvalue weighted by molar-refractivity contribution is 7.89. The van der Waals surface area contributed by atoms with Gasteiger partial charge in [-0.15, -0.1) is 0 Å². The van der Waals surface area contributed by atoms with Crippen LogP contribution in [-0.2, 0) is 19.6 Å². The first kappa shape index (κ1) is 17.1. The summed E-state index contributed by atoms with van der Waals surface area (Å²) < 4.78 is 44.0. The Morgan fingerprint density at radius 1 is 1.48 bits per heavy atom. The second-order valence-corrected chi connectivity index (χ2v) is 5.56. The molecule has 0 saturated heterocycles. The number of hydrogen-bond donors (Lipinski definition) is 2. The highest BCUT2D eigenvalue weighted by atomic mass is 32.2. The number of rotatable bonds is 5. The van der Waals surface area contributed by atoms with Crippen LogP contribution in [0.25, 0.3) is 0 Å². The molecule has 0 spiro atoms. The van der Waals surface area contributed by atoms with Crippen LogP contribution in [0, 0.1) is 17.7 Å². The van der Waals surface area contributed by atoms with E-state index >= 15 is 0 Å². The van der Waals surface area contributed by atoms with E-state index in [1.165, 1.54) is 13.2 Å². The molecular weight excluding hydrogens is 301 g/mol. The number of carbonyl (C=O) groups is 1. The lowest BCUT2D eigenvalue weighted by atomic mass is 10.2. The zero-order valence-electron chi connectivity index (χ0n) is 11.2. The Morgan fingerprint density at radius 3 is 2.76 bits per heavy atom. The molecule has 0 aliphatic rings. The number of halogens is 1. The molecule has 1 aromatic carbocycles. The number of sulfonamides is 1. The van der Waals surface area contributed by atoms with E-state index in [9.17, 15) is 17.6 Å². The zero-order valence-corrected chi connectivity index (χ0v) is 12.0. The van der Waals surface area contributed by atoms with Crippen LogP contribution >= 0.6 is 0 Å². The number of benzene rings is 1. The van der Waals surface area contributed by atoms with E-state index in [0.717, 1.165) is 12.1 Å². The smallest absolute Gasteiger partial charge is 0.306 e. The highest BCUT2D eigenvalue weighted by Crippen LogP contribution is 2.15. The van der Waals surface area contributed by atoms with E-state index in [-0.39, 0.29) is 25.1 Å². The molecule has 0 amide bonds. The molecule has 0 radical (unpaired) electrons. The normalized spacial score (nSPS) is 10.6. The standard InChI is InChI=1S/C13H14FNO5S/c1-20-13(17)6-7-15-21(18,19)12-5-4-10(3-2-8-16)9-11(12)14/h4-5,9,15-16H,6-8H2,1H3. The van der Waals surface area contributed by atoms with Gasteiger partial charge in [0.1, 0.15) is 17.3 Å². The second-order valence-electron chi connectivity index (χ2n) is 3.83. The first-order chi connectivity index (χ1) is 9.90. The van der Waals surface area contributed by atoms with Crippen LogP contribution in [0.3, 0.4) is 0 Å². The minimum Gasteiger partial charge on any atom is -0.469 e. The first-order valence-electron chi connectivity index (χ1n) is 5.86. The van der Waals surface area contributed by atoms with E-state index in [1.807, 2.05) is 0 Å². The minimum absolute atomic E-state index is 0.155. The molecule has 1 rings (SSSR count). The number of ether oxygens (including phenoxy) is 1. The van der Waals surface area contributed by atoms with Crippen molar-refractivity contribution in [2.75, 3.05) is 20.3 Å². The van der Waals surface area contributed by atoms with E-state index < -0.39 is 26.7 Å². The summed E-state index contributed by atoms with van der Waals surface area (Å²) in [5.41, 5.74) is 0.245. The molecule has 0 saturated carbocycles. The quantitative estimate of drug-likeness (QED) is 0.590. The third kappa shape index (κ3) is 5.15. The number of methoxy groups -OCH3 is 1. The second kappa shape index (κ2) is 7.73. The van der Waals surface area contributed by atoms with Gasteiger partial charge >= 0.3 is 5.97 Å². The molecule has 0 unspecified atom stereocenters. The van der Waals surface area contributed by atoms with Crippen LogP contribution < -0.4 is 4.72 Å². The van der Waals surface area contributed by atoms with Crippen LogP contribution in [0.15, 0.2) is 23.1 Å². The van der Waals surface area contributed by atoms with Gasteiger partial charge in [0.2, 0.25) is 10.0 Å². The first-order valence-corrected chi connectivity index (χ1v) is 7.35. The fraction of sp³-hybridized carbons (Fsp3) is 0.308. The minimum atomic E-state index is -4.06. The highest BCUT2D eigenvalue weighted by Gasteiger charge is 2.19. The lowest BCUT2D eigenvalue weighted by Crippen LogP contribution is -2.27. The summed E-state index contributed by atoms with van der Waals surface area (Å²) in [4.78, 5) is 10.3. The summed E-state index contributed by atoms with van der Waals surface area (Å²) in [6.45, 7) is -0.572. The van der Waals surface area contributed by atoms with Crippen LogP contribution in [0.5, 0.6) is 0 Å². The van der Waals surface area contributed by atoms with Crippen LogP contribution in [-0.4, -0.2) is 39.8 Å². The van der Waals surface area contributed by atoms with E-state index in [0.29, 0.717) is 0 Å². The Labute approximate surface area is 122 Å². The van der Waals surface area contributed by atoms with Crippen molar-refractivity contribution in [1.29, 1.82) is 0 Å². The van der Waals surface area contributed by atoms with Gasteiger partial charge in [-0.25, -0.2) is 17.5 Å². The number of aliphatic hydroxyl groups excluding tert-OH is 1. The van der Waals surface area contributed by atoms with Gasteiger partial charge in [0.15, 0.2) is 0 Å². The van der Waals surface area contributed by atoms with E-state index in [1.54, 1.807) is 0 Å². The molecule has 0 heterocycles. The fourth-order valence-corrected chi connectivity index (χ4v) is 2.49. The Kier molecular flexibility index (Phi) is 6.30. The third-order valence-corrected chi connectivity index (χ3v) is 3.88. The molecule has 0 fully saturated rings. The predicted molar refractivity (Wildman–Crippen MR) is 72.2 cm³/mol. The third-order valence-electron chi connectivity index (χ3n) is 2.38. The number of carbonyl (C=O) groups excluding carboxylic acids is 1. The van der Waals surface area contributed by atoms with Gasteiger partial charge in [0.25, 0.3) is 0 Å². The van der Waals surface area contributed by atoms with Crippen molar-refractivity contribution in [2.24, 2.45) is 0 Å². The molecule has 0 atom stereocenters. The Bertz CT molecular complexity index is 676. The molecule has 0 bridgehead atoms. The number of hydrogen-bond acceptors (Lipinski definition) is 5. The van der Waals surface area contributed by atoms with Crippen LogP contribution in [0.2, 0.25) is 0 Å². The topological polar surface area (TPSA) is 92.7 Å². The Balaban J connectivity index is 2.86. The van der Waals surface area contributed by atoms with Crippen LogP contribution in [0.4, 0.5) is 4.39 Å². The van der Waals surface area contributed by atoms with Crippen LogP contribution in [0.1, 0.15) is 12.0 Å². The molecule has 0 aliphatic carbocycles. The molecule has 8 heteroatoms. The van der Waals surface area contributed by atoms with Gasteiger partial charge in [-0.05, 0) is 18.2 Å². The molecule has 0 aliphatic heterocycles. The van der Waals surface area contributed by atoms with Crippen molar-refractivity contribution in [3.63, 3.8) is 0 Å². The average molecular weight is 315 g/mol. The molecule has 21 heavy (non-hydrogen) atoms. The maximum Gasteiger partial charge on any atom is 0.306 e. The maximum atomic E-state index is 13.8. The molecule has 2 N–H and O–H groups in total. The van der Waals surface area contributed by atoms with Gasteiger partial charge < -0.3 is 9.84 Å². The summed E-state index contributed by atoms with van der Waals surface area (Å²) in [5, 5.41) is 8.53. The summed E-state index contributed by atoms with van der Waals surface area (Å²) >= 11 is 0. The average Bonchev–Trinajstić information content (AvgIpc) is 2.44. The van der Waals surface area contributed by atoms with Crippen molar-refractivity contribution >= 4 is 16.0 Å². The monoisotopic (exact) mass is 315 g/mol. The summed E-state index contributed by atoms with van der Waals surface area (Å²) in [7, 11) is -2.88. The summed E-state index contributed by atoms with van der Waals surface area (Å²) in [6.07, 6.45) is -0.155. The Hall–Kier alpha value is -1.95. The summed E-state index contributed by atoms with van der Waals surface area (Å²) in [6, 6.07) is 3.34. The van der Waals surface area contributed by atoms with Crippen molar-refractivity contribution in [3.8, 4) is 11.8 Å². The maximum absolute atomic E-state index is 13.8. The largest absolute Gasteiger partial charge is 0.469 e. The van der Waals surface area contributed by atoms with Gasteiger partial charge in [-0.3, -0.25) is 4.79 Å². The lowest BCUT2D eigenvalue weighted by molar-refractivity contribution is -0.140. The van der Waals surface area contributed by atoms with Gasteiger partial charge in [-0.2, -0.15) is 0 Å². The number of nitrogens with one attached hydrogen (secondary N) is 1. The predicted octanol–water partition coefficient (Wildman–Crippen LogP) is 0.0109. The number of esters is 1. The molecule has 0 aromatic heterocycles. The van der Waals surface area contributed by atoms with Gasteiger partial charge in [0, 0.05) is 12.1 Å². The van der Waals surface area contributed by atoms with Gasteiger partial charge in [0.05, 0.1) is 13.5 Å². The SMILES string of the molecule is COC(=O)CCNS(=O)(=O)c1ccc(C#CCO)cc1F. The fourth-order valence-electron chi connectivity index (χ4n) is 1.41. The summed E-state index contributed by atoms with van der Waals surface area (Å²) in [5.74, 6) is 3.25. The van der Waals surface area contributed by atoms with E-state index in [2.05, 4.69) is 21.3 Å². The molecule has 1 aromatic rings. The molecule has 6 nitrogen and oxygen atoms in total. The zero-order chi connectivity index (χ0) is 15.9. The van der Waals surface area contributed by atoms with Crippen molar-refractivity contribution in [1.82, 2.24) is 4.72 Å². The lowest BCUT2D eigenvalue weighted by Gasteiger charge is -2.07. The molecular formula is C13H14FNO5S. The Morgan fingerprint density at radius 2 is 2.19 bits per heavy atom.